The number of carboxylic acid groups (broad SMARTS) is 3. The van der Waals surface area contributed by atoms with Crippen LogP contribution < -0.4 is 10.9 Å². The van der Waals surface area contributed by atoms with Gasteiger partial charge in [0.2, 0.25) is 0 Å². The fraction of sp³-hybridized carbons (Fsp3) is 0.500. The monoisotopic (exact) mass is 229 g/mol. The number of aliphatic hydroxyl groups is 1. The highest BCUT2D eigenvalue weighted by atomic mass is 19.0. The molecule has 0 heterocycles. The maximum absolute atomic E-state index is 10.3. The van der Waals surface area contributed by atoms with E-state index in [1.165, 1.54) is 0 Å². The minimum atomic E-state index is -2.74. The van der Waals surface area contributed by atoms with Crippen molar-refractivity contribution in [1.82, 2.24) is 6.15 Å². The Morgan fingerprint density at radius 1 is 0.933 bits per heavy atom. The number of carboxylic acids is 3. The molecule has 15 heavy (non-hydrogen) atoms. The summed E-state index contributed by atoms with van der Waals surface area (Å²) in [6.45, 7) is 0. The van der Waals surface area contributed by atoms with Crippen LogP contribution in [0.3, 0.4) is 0 Å². The van der Waals surface area contributed by atoms with Crippen LogP contribution in [0.25, 0.3) is 0 Å². The molecule has 8 N–H and O–H groups in total. The molecule has 0 amide bonds. The molecule has 0 aromatic heterocycles. The van der Waals surface area contributed by atoms with Crippen LogP contribution in [0, 0.1) is 0 Å². The molecule has 90 valence electrons. The van der Waals surface area contributed by atoms with E-state index < -0.39 is 36.4 Å². The molecule has 0 unspecified atom stereocenters. The Hall–Kier alpha value is -1.74. The third kappa shape index (κ3) is 6.35. The van der Waals surface area contributed by atoms with Gasteiger partial charge in [0.05, 0.1) is 12.8 Å². The molecule has 0 bridgehead atoms. The number of halogens is 1. The van der Waals surface area contributed by atoms with Gasteiger partial charge in [-0.25, -0.2) is 4.79 Å². The second-order valence-electron chi connectivity index (χ2n) is 2.48. The first-order valence-corrected chi connectivity index (χ1v) is 3.17. The van der Waals surface area contributed by atoms with Gasteiger partial charge in [-0.15, -0.1) is 0 Å². The third-order valence-corrected chi connectivity index (χ3v) is 1.29. The van der Waals surface area contributed by atoms with Crippen molar-refractivity contribution in [2.24, 2.45) is 0 Å². The van der Waals surface area contributed by atoms with Crippen LogP contribution in [-0.4, -0.2) is 43.9 Å². The predicted octanol–water partition coefficient (Wildman–Crippen LogP) is -3.87. The molecule has 0 aliphatic carbocycles. The van der Waals surface area contributed by atoms with Crippen molar-refractivity contribution in [3.63, 3.8) is 0 Å². The van der Waals surface area contributed by atoms with Gasteiger partial charge in [-0.1, -0.05) is 0 Å². The van der Waals surface area contributed by atoms with Crippen molar-refractivity contribution < 1.29 is 39.5 Å². The van der Waals surface area contributed by atoms with Crippen molar-refractivity contribution in [1.29, 1.82) is 0 Å². The molecule has 9 heteroatoms. The maximum atomic E-state index is 10.3. The quantitative estimate of drug-likeness (QED) is 0.321. The van der Waals surface area contributed by atoms with Crippen LogP contribution in [0.5, 0.6) is 0 Å². The molecule has 8 nitrogen and oxygen atoms in total. The number of hydrogen-bond donors (Lipinski definition) is 5. The first-order valence-electron chi connectivity index (χ1n) is 3.17. The average Bonchev–Trinajstić information content (AvgIpc) is 1.82. The molecule has 0 saturated carbocycles. The fourth-order valence-corrected chi connectivity index (χ4v) is 0.714. The maximum Gasteiger partial charge on any atom is 0.336 e. The zero-order valence-electron chi connectivity index (χ0n) is 7.81. The lowest BCUT2D eigenvalue weighted by atomic mass is 9.96. The van der Waals surface area contributed by atoms with Gasteiger partial charge in [-0.2, -0.15) is 0 Å². The smallest absolute Gasteiger partial charge is 0.336 e. The van der Waals surface area contributed by atoms with Gasteiger partial charge < -0.3 is 31.3 Å². The number of carbonyl (C=O) groups is 3. The van der Waals surface area contributed by atoms with Gasteiger partial charge in [0.15, 0.2) is 5.60 Å². The van der Waals surface area contributed by atoms with Crippen LogP contribution >= 0.6 is 0 Å². The van der Waals surface area contributed by atoms with Gasteiger partial charge in [-0.05, 0) is 0 Å². The summed E-state index contributed by atoms with van der Waals surface area (Å²) >= 11 is 0. The first kappa shape index (κ1) is 18.9. The summed E-state index contributed by atoms with van der Waals surface area (Å²) in [6.07, 6.45) is -2.29. The minimum Gasteiger partial charge on any atom is -1.00 e. The van der Waals surface area contributed by atoms with Crippen LogP contribution in [0.4, 0.5) is 0 Å². The lowest BCUT2D eigenvalue weighted by Gasteiger charge is -2.18. The summed E-state index contributed by atoms with van der Waals surface area (Å²) in [4.78, 5) is 30.5. The molecule has 0 aliphatic heterocycles. The first-order chi connectivity index (χ1) is 5.78. The molecule has 0 fully saturated rings. The van der Waals surface area contributed by atoms with E-state index in [-0.39, 0.29) is 10.9 Å². The molecule has 0 saturated heterocycles. The lowest BCUT2D eigenvalue weighted by molar-refractivity contribution is -0.170. The summed E-state index contributed by atoms with van der Waals surface area (Å²) in [5, 5.41) is 33.8. The molecule has 0 aliphatic rings. The fourth-order valence-electron chi connectivity index (χ4n) is 0.714. The molecule has 0 aromatic carbocycles. The van der Waals surface area contributed by atoms with E-state index in [4.69, 9.17) is 20.4 Å². The number of aliphatic carboxylic acids is 3. The van der Waals surface area contributed by atoms with E-state index in [1.807, 2.05) is 0 Å². The van der Waals surface area contributed by atoms with Crippen molar-refractivity contribution >= 4 is 17.9 Å². The van der Waals surface area contributed by atoms with Crippen molar-refractivity contribution in [3.05, 3.63) is 0 Å². The van der Waals surface area contributed by atoms with Crippen LogP contribution in [0.1, 0.15) is 12.8 Å². The molecule has 0 rings (SSSR count). The predicted molar refractivity (Wildman–Crippen MR) is 43.1 cm³/mol. The summed E-state index contributed by atoms with van der Waals surface area (Å²) in [5.41, 5.74) is -2.74. The largest absolute Gasteiger partial charge is 1.00 e. The SMILES string of the molecule is O=C(O)CC(O)(CC(=O)O)C(=O)O.[F-].[NH4+]. The minimum absolute atomic E-state index is 0. The second kappa shape index (κ2) is 6.68. The lowest BCUT2D eigenvalue weighted by Crippen LogP contribution is -3.00. The van der Waals surface area contributed by atoms with E-state index in [0.717, 1.165) is 0 Å². The normalized spacial score (nSPS) is 9.40. The molecule has 0 radical (unpaired) electrons. The van der Waals surface area contributed by atoms with Crippen molar-refractivity contribution in [2.45, 2.75) is 18.4 Å². The summed E-state index contributed by atoms with van der Waals surface area (Å²) in [7, 11) is 0. The molecule has 0 spiro atoms. The summed E-state index contributed by atoms with van der Waals surface area (Å²) < 4.78 is 0. The Bertz CT molecular complexity index is 238. The van der Waals surface area contributed by atoms with Gasteiger partial charge in [0, 0.05) is 0 Å². The number of rotatable bonds is 5. The van der Waals surface area contributed by atoms with Crippen LogP contribution in [0.15, 0.2) is 0 Å². The van der Waals surface area contributed by atoms with E-state index in [1.54, 1.807) is 0 Å². The third-order valence-electron chi connectivity index (χ3n) is 1.29. The van der Waals surface area contributed by atoms with E-state index in [9.17, 15) is 14.4 Å². The van der Waals surface area contributed by atoms with Crippen molar-refractivity contribution in [3.8, 4) is 0 Å². The molecular weight excluding hydrogens is 217 g/mol. The molecule has 0 aromatic rings. The van der Waals surface area contributed by atoms with Gasteiger partial charge in [0.1, 0.15) is 0 Å². The number of quaternary nitrogens is 1. The highest BCUT2D eigenvalue weighted by Crippen LogP contribution is 2.15. The van der Waals surface area contributed by atoms with Crippen LogP contribution in [0.2, 0.25) is 0 Å². The topological polar surface area (TPSA) is 169 Å². The van der Waals surface area contributed by atoms with Gasteiger partial charge in [0.25, 0.3) is 0 Å². The summed E-state index contributed by atoms with van der Waals surface area (Å²) in [6, 6.07) is 0. The van der Waals surface area contributed by atoms with Crippen molar-refractivity contribution in [2.75, 3.05) is 0 Å². The summed E-state index contributed by atoms with van der Waals surface area (Å²) in [5.74, 6) is -5.02. The molecule has 0 atom stereocenters. The number of hydrogen-bond acceptors (Lipinski definition) is 4. The van der Waals surface area contributed by atoms with Crippen LogP contribution in [-0.2, 0) is 14.4 Å². The second-order valence-corrected chi connectivity index (χ2v) is 2.48. The van der Waals surface area contributed by atoms with E-state index in [0.29, 0.717) is 0 Å². The van der Waals surface area contributed by atoms with Gasteiger partial charge in [-0.3, -0.25) is 9.59 Å². The zero-order chi connectivity index (χ0) is 10.6. The van der Waals surface area contributed by atoms with Gasteiger partial charge >= 0.3 is 17.9 Å². The Balaban J connectivity index is -0.000000720. The van der Waals surface area contributed by atoms with E-state index in [2.05, 4.69) is 0 Å². The average molecular weight is 229 g/mol. The highest BCUT2D eigenvalue weighted by molar-refractivity contribution is 5.88. The Labute approximate surface area is 83.1 Å². The zero-order valence-corrected chi connectivity index (χ0v) is 7.81. The van der Waals surface area contributed by atoms with E-state index >= 15 is 0 Å². The highest BCUT2D eigenvalue weighted by Gasteiger charge is 2.40. The molecular formula is C6H12FNO7. The Morgan fingerprint density at radius 3 is 1.33 bits per heavy atom. The standard InChI is InChI=1S/C6H8O7.FH.H3N/c7-3(8)1-6(13,5(11)12)2-4(9)10;;/h13H,1-2H2,(H,7,8)(H,9,10)(H,11,12);1H;1H3. The Kier molecular flexibility index (Phi) is 8.43. The Morgan fingerprint density at radius 2 is 1.20 bits per heavy atom.